The minimum Gasteiger partial charge on any atom is -0.508 e. The molecule has 0 heterocycles. The van der Waals surface area contributed by atoms with Crippen molar-refractivity contribution in [2.24, 2.45) is 0 Å². The standard InChI is InChI=1S/C14H14N2O5/c1-8(9-4-11(18)6-12(19)5-9)15-13-3-2-10(17)7-14(13)16(20)21/h2-8,15,17-19H,1H3. The van der Waals surface area contributed by atoms with Gasteiger partial charge in [0.15, 0.2) is 0 Å². The van der Waals surface area contributed by atoms with Crippen LogP contribution < -0.4 is 5.32 Å². The quantitative estimate of drug-likeness (QED) is 0.391. The summed E-state index contributed by atoms with van der Waals surface area (Å²) in [6.45, 7) is 1.73. The van der Waals surface area contributed by atoms with Crippen molar-refractivity contribution < 1.29 is 20.2 Å². The Balaban J connectivity index is 2.31. The van der Waals surface area contributed by atoms with Gasteiger partial charge in [0, 0.05) is 12.1 Å². The molecule has 0 saturated heterocycles. The number of phenols is 3. The van der Waals surface area contributed by atoms with Gasteiger partial charge in [-0.05, 0) is 36.8 Å². The van der Waals surface area contributed by atoms with E-state index in [1.165, 1.54) is 30.3 Å². The molecule has 0 aliphatic carbocycles. The van der Waals surface area contributed by atoms with Crippen molar-refractivity contribution in [1.29, 1.82) is 0 Å². The molecule has 0 radical (unpaired) electrons. The molecular formula is C14H14N2O5. The maximum absolute atomic E-state index is 11.0. The summed E-state index contributed by atoms with van der Waals surface area (Å²) in [7, 11) is 0. The maximum Gasteiger partial charge on any atom is 0.296 e. The van der Waals surface area contributed by atoms with E-state index in [0.29, 0.717) is 5.56 Å². The monoisotopic (exact) mass is 290 g/mol. The van der Waals surface area contributed by atoms with E-state index in [0.717, 1.165) is 6.07 Å². The SMILES string of the molecule is CC(Nc1ccc(O)cc1[N+](=O)[O-])c1cc(O)cc(O)c1. The van der Waals surface area contributed by atoms with Gasteiger partial charge in [0.05, 0.1) is 11.0 Å². The Labute approximate surface area is 120 Å². The van der Waals surface area contributed by atoms with Gasteiger partial charge in [0.2, 0.25) is 0 Å². The van der Waals surface area contributed by atoms with Crippen molar-refractivity contribution in [1.82, 2.24) is 0 Å². The van der Waals surface area contributed by atoms with Crippen molar-refractivity contribution >= 4 is 11.4 Å². The number of benzene rings is 2. The predicted octanol–water partition coefficient (Wildman–Crippen LogP) is 2.88. The number of hydrogen-bond donors (Lipinski definition) is 4. The highest BCUT2D eigenvalue weighted by Crippen LogP contribution is 2.32. The molecule has 0 aliphatic heterocycles. The number of phenolic OH excluding ortho intramolecular Hbond substituents is 3. The predicted molar refractivity (Wildman–Crippen MR) is 76.6 cm³/mol. The Morgan fingerprint density at radius 1 is 1.05 bits per heavy atom. The molecule has 21 heavy (non-hydrogen) atoms. The molecule has 1 atom stereocenters. The molecule has 2 aromatic carbocycles. The fraction of sp³-hybridized carbons (Fsp3) is 0.143. The van der Waals surface area contributed by atoms with E-state index in [1.807, 2.05) is 0 Å². The molecule has 1 unspecified atom stereocenters. The van der Waals surface area contributed by atoms with Crippen molar-refractivity contribution in [3.8, 4) is 17.2 Å². The zero-order chi connectivity index (χ0) is 15.6. The molecule has 0 aromatic heterocycles. The molecule has 0 amide bonds. The number of nitro groups is 1. The van der Waals surface area contributed by atoms with Crippen LogP contribution in [0.5, 0.6) is 17.2 Å². The van der Waals surface area contributed by atoms with Gasteiger partial charge in [-0.2, -0.15) is 0 Å². The van der Waals surface area contributed by atoms with Gasteiger partial charge in [-0.3, -0.25) is 10.1 Å². The van der Waals surface area contributed by atoms with E-state index >= 15 is 0 Å². The lowest BCUT2D eigenvalue weighted by atomic mass is 10.1. The summed E-state index contributed by atoms with van der Waals surface area (Å²) in [6.07, 6.45) is 0. The first kappa shape index (κ1) is 14.4. The number of hydrogen-bond acceptors (Lipinski definition) is 6. The summed E-state index contributed by atoms with van der Waals surface area (Å²) in [5.41, 5.74) is 0.536. The summed E-state index contributed by atoms with van der Waals surface area (Å²) in [6, 6.07) is 7.47. The fourth-order valence-electron chi connectivity index (χ4n) is 1.98. The highest BCUT2D eigenvalue weighted by atomic mass is 16.6. The minimum atomic E-state index is -0.602. The Bertz CT molecular complexity index is 667. The maximum atomic E-state index is 11.0. The van der Waals surface area contributed by atoms with Crippen LogP contribution in [-0.4, -0.2) is 20.2 Å². The van der Waals surface area contributed by atoms with Crippen LogP contribution >= 0.6 is 0 Å². The number of aromatic hydroxyl groups is 3. The number of anilines is 1. The van der Waals surface area contributed by atoms with E-state index in [1.54, 1.807) is 6.92 Å². The molecular weight excluding hydrogens is 276 g/mol. The minimum absolute atomic E-state index is 0.0983. The molecule has 7 heteroatoms. The molecule has 0 fully saturated rings. The van der Waals surface area contributed by atoms with Crippen LogP contribution in [0.4, 0.5) is 11.4 Å². The van der Waals surface area contributed by atoms with Gasteiger partial charge in [-0.1, -0.05) is 0 Å². The van der Waals surface area contributed by atoms with E-state index in [9.17, 15) is 25.4 Å². The molecule has 2 aromatic rings. The molecule has 2 rings (SSSR count). The number of nitrogens with zero attached hydrogens (tertiary/aromatic N) is 1. The summed E-state index contributed by atoms with van der Waals surface area (Å²) in [5.74, 6) is -0.396. The van der Waals surface area contributed by atoms with Crippen LogP contribution in [0, 0.1) is 10.1 Å². The third-order valence-corrected chi connectivity index (χ3v) is 2.97. The average Bonchev–Trinajstić information content (AvgIpc) is 2.39. The van der Waals surface area contributed by atoms with Crippen LogP contribution in [-0.2, 0) is 0 Å². The molecule has 4 N–H and O–H groups in total. The fourth-order valence-corrected chi connectivity index (χ4v) is 1.98. The van der Waals surface area contributed by atoms with Gasteiger partial charge in [0.25, 0.3) is 5.69 Å². The highest BCUT2D eigenvalue weighted by molar-refractivity contribution is 5.64. The second-order valence-electron chi connectivity index (χ2n) is 4.61. The molecule has 0 saturated carbocycles. The molecule has 7 nitrogen and oxygen atoms in total. The van der Waals surface area contributed by atoms with Gasteiger partial charge in [-0.15, -0.1) is 0 Å². The van der Waals surface area contributed by atoms with Crippen molar-refractivity contribution in [2.45, 2.75) is 13.0 Å². The lowest BCUT2D eigenvalue weighted by molar-refractivity contribution is -0.384. The van der Waals surface area contributed by atoms with Crippen LogP contribution in [0.15, 0.2) is 36.4 Å². The van der Waals surface area contributed by atoms with Gasteiger partial charge < -0.3 is 20.6 Å². The summed E-state index contributed by atoms with van der Waals surface area (Å²) in [4.78, 5) is 10.4. The Hall–Kier alpha value is -2.96. The third kappa shape index (κ3) is 3.33. The second kappa shape index (κ2) is 5.58. The van der Waals surface area contributed by atoms with Gasteiger partial charge in [0.1, 0.15) is 22.9 Å². The third-order valence-electron chi connectivity index (χ3n) is 2.97. The molecule has 0 spiro atoms. The first-order valence-electron chi connectivity index (χ1n) is 6.13. The Kier molecular flexibility index (Phi) is 3.84. The smallest absolute Gasteiger partial charge is 0.296 e. The first-order chi connectivity index (χ1) is 9.86. The van der Waals surface area contributed by atoms with Crippen LogP contribution in [0.2, 0.25) is 0 Å². The van der Waals surface area contributed by atoms with E-state index in [2.05, 4.69) is 5.32 Å². The number of rotatable bonds is 4. The van der Waals surface area contributed by atoms with Crippen LogP contribution in [0.3, 0.4) is 0 Å². The average molecular weight is 290 g/mol. The van der Waals surface area contributed by atoms with E-state index in [4.69, 9.17) is 0 Å². The molecule has 0 aliphatic rings. The van der Waals surface area contributed by atoms with Crippen molar-refractivity contribution in [2.75, 3.05) is 5.32 Å². The Morgan fingerprint density at radius 2 is 1.67 bits per heavy atom. The largest absolute Gasteiger partial charge is 0.508 e. The first-order valence-corrected chi connectivity index (χ1v) is 6.13. The molecule has 110 valence electrons. The van der Waals surface area contributed by atoms with Crippen LogP contribution in [0.1, 0.15) is 18.5 Å². The topological polar surface area (TPSA) is 116 Å². The van der Waals surface area contributed by atoms with Gasteiger partial charge >= 0.3 is 0 Å². The lowest BCUT2D eigenvalue weighted by Gasteiger charge is -2.16. The van der Waals surface area contributed by atoms with E-state index in [-0.39, 0.29) is 28.6 Å². The van der Waals surface area contributed by atoms with E-state index < -0.39 is 11.0 Å². The zero-order valence-corrected chi connectivity index (χ0v) is 11.1. The number of nitrogens with one attached hydrogen (secondary N) is 1. The normalized spacial score (nSPS) is 11.9. The highest BCUT2D eigenvalue weighted by Gasteiger charge is 2.17. The van der Waals surface area contributed by atoms with Gasteiger partial charge in [-0.25, -0.2) is 0 Å². The van der Waals surface area contributed by atoms with Crippen molar-refractivity contribution in [3.05, 3.63) is 52.1 Å². The van der Waals surface area contributed by atoms with Crippen molar-refractivity contribution in [3.63, 3.8) is 0 Å². The lowest BCUT2D eigenvalue weighted by Crippen LogP contribution is -2.08. The summed E-state index contributed by atoms with van der Waals surface area (Å²) >= 11 is 0. The summed E-state index contributed by atoms with van der Waals surface area (Å²) < 4.78 is 0. The summed E-state index contributed by atoms with van der Waals surface area (Å²) in [5, 5.41) is 42.1. The zero-order valence-electron chi connectivity index (χ0n) is 11.1. The number of nitro benzene ring substituents is 1. The Morgan fingerprint density at radius 3 is 2.24 bits per heavy atom. The molecule has 0 bridgehead atoms. The van der Waals surface area contributed by atoms with Crippen LogP contribution in [0.25, 0.3) is 0 Å². The second-order valence-corrected chi connectivity index (χ2v) is 4.61.